The molecule has 0 saturated carbocycles. The molecule has 0 aliphatic heterocycles. The zero-order chi connectivity index (χ0) is 19.2. The molecular formula is C22H25N3O2. The molecule has 0 radical (unpaired) electrons. The van der Waals surface area contributed by atoms with Crippen LogP contribution < -0.4 is 10.1 Å². The Morgan fingerprint density at radius 2 is 1.78 bits per heavy atom. The van der Waals surface area contributed by atoms with Crippen LogP contribution >= 0.6 is 0 Å². The number of benzene rings is 2. The predicted octanol–water partition coefficient (Wildman–Crippen LogP) is 4.21. The fourth-order valence-corrected chi connectivity index (χ4v) is 2.82. The molecule has 2 aromatic carbocycles. The van der Waals surface area contributed by atoms with Gasteiger partial charge in [-0.2, -0.15) is 0 Å². The highest BCUT2D eigenvalue weighted by Gasteiger charge is 2.12. The number of rotatable bonds is 7. The molecule has 27 heavy (non-hydrogen) atoms. The van der Waals surface area contributed by atoms with Crippen LogP contribution in [-0.2, 0) is 6.54 Å². The maximum atomic E-state index is 12.5. The van der Waals surface area contributed by atoms with Crippen molar-refractivity contribution < 1.29 is 9.53 Å². The van der Waals surface area contributed by atoms with Crippen molar-refractivity contribution in [1.29, 1.82) is 0 Å². The van der Waals surface area contributed by atoms with Gasteiger partial charge in [-0.1, -0.05) is 24.3 Å². The van der Waals surface area contributed by atoms with E-state index in [1.54, 1.807) is 12.5 Å². The molecular weight excluding hydrogens is 338 g/mol. The lowest BCUT2D eigenvalue weighted by Gasteiger charge is -2.16. The van der Waals surface area contributed by atoms with Gasteiger partial charge in [0.15, 0.2) is 0 Å². The highest BCUT2D eigenvalue weighted by Crippen LogP contribution is 2.19. The number of nitrogens with zero attached hydrogens (tertiary/aromatic N) is 2. The van der Waals surface area contributed by atoms with Crippen LogP contribution in [0.15, 0.2) is 67.3 Å². The van der Waals surface area contributed by atoms with Gasteiger partial charge in [0.05, 0.1) is 18.5 Å². The smallest absolute Gasteiger partial charge is 0.251 e. The number of ether oxygens (including phenoxy) is 1. The summed E-state index contributed by atoms with van der Waals surface area (Å²) in [6.07, 6.45) is 5.59. The third-order valence-electron chi connectivity index (χ3n) is 4.24. The van der Waals surface area contributed by atoms with Crippen LogP contribution in [0.4, 0.5) is 0 Å². The molecule has 0 aliphatic rings. The van der Waals surface area contributed by atoms with Gasteiger partial charge in [0.2, 0.25) is 0 Å². The zero-order valence-electron chi connectivity index (χ0n) is 15.9. The van der Waals surface area contributed by atoms with Crippen molar-refractivity contribution >= 4 is 5.91 Å². The van der Waals surface area contributed by atoms with Crippen molar-refractivity contribution in [3.05, 3.63) is 83.9 Å². The third-order valence-corrected chi connectivity index (χ3v) is 4.24. The van der Waals surface area contributed by atoms with E-state index in [0.29, 0.717) is 5.56 Å². The molecule has 0 saturated heterocycles. The summed E-state index contributed by atoms with van der Waals surface area (Å²) < 4.78 is 7.64. The molecule has 140 valence electrons. The van der Waals surface area contributed by atoms with Crippen LogP contribution in [0.25, 0.3) is 0 Å². The lowest BCUT2D eigenvalue weighted by Crippen LogP contribution is -2.26. The Kier molecular flexibility index (Phi) is 5.91. The first kappa shape index (κ1) is 18.7. The van der Waals surface area contributed by atoms with E-state index in [2.05, 4.69) is 10.3 Å². The van der Waals surface area contributed by atoms with Crippen LogP contribution in [0.5, 0.6) is 5.75 Å². The van der Waals surface area contributed by atoms with Crippen molar-refractivity contribution in [2.75, 3.05) is 0 Å². The summed E-state index contributed by atoms with van der Waals surface area (Å²) in [5, 5.41) is 3.04. The fourth-order valence-electron chi connectivity index (χ4n) is 2.82. The molecule has 0 aliphatic carbocycles. The van der Waals surface area contributed by atoms with Crippen LogP contribution in [0.2, 0.25) is 0 Å². The first-order valence-corrected chi connectivity index (χ1v) is 9.13. The normalized spacial score (nSPS) is 12.0. The van der Waals surface area contributed by atoms with Gasteiger partial charge in [0.25, 0.3) is 5.91 Å². The summed E-state index contributed by atoms with van der Waals surface area (Å²) >= 11 is 0. The van der Waals surface area contributed by atoms with Gasteiger partial charge in [-0.05, 0) is 56.2 Å². The van der Waals surface area contributed by atoms with E-state index in [-0.39, 0.29) is 18.1 Å². The summed E-state index contributed by atoms with van der Waals surface area (Å²) in [5.41, 5.74) is 2.81. The summed E-state index contributed by atoms with van der Waals surface area (Å²) in [5.74, 6) is 0.750. The number of imidazole rings is 1. The molecule has 1 N–H and O–H groups in total. The van der Waals surface area contributed by atoms with E-state index in [0.717, 1.165) is 23.4 Å². The van der Waals surface area contributed by atoms with Crippen LogP contribution in [0, 0.1) is 0 Å². The number of hydrogen-bond donors (Lipinski definition) is 1. The molecule has 1 amide bonds. The number of aromatic nitrogens is 2. The first-order chi connectivity index (χ1) is 13.0. The molecule has 3 rings (SSSR count). The molecule has 0 spiro atoms. The second-order valence-corrected chi connectivity index (χ2v) is 6.86. The maximum absolute atomic E-state index is 12.5. The second-order valence-electron chi connectivity index (χ2n) is 6.86. The Morgan fingerprint density at radius 1 is 1.07 bits per heavy atom. The average molecular weight is 363 g/mol. The predicted molar refractivity (Wildman–Crippen MR) is 106 cm³/mol. The Bertz CT molecular complexity index is 854. The van der Waals surface area contributed by atoms with Crippen LogP contribution in [0.1, 0.15) is 48.3 Å². The highest BCUT2D eigenvalue weighted by atomic mass is 16.5. The van der Waals surface area contributed by atoms with Gasteiger partial charge in [-0.15, -0.1) is 0 Å². The first-order valence-electron chi connectivity index (χ1n) is 9.13. The third kappa shape index (κ3) is 5.20. The minimum absolute atomic E-state index is 0.0841. The minimum Gasteiger partial charge on any atom is -0.491 e. The molecule has 5 nitrogen and oxygen atoms in total. The second kappa shape index (κ2) is 8.54. The van der Waals surface area contributed by atoms with E-state index in [1.807, 2.05) is 80.1 Å². The van der Waals surface area contributed by atoms with Gasteiger partial charge in [-0.25, -0.2) is 4.98 Å². The number of amides is 1. The molecule has 0 bridgehead atoms. The largest absolute Gasteiger partial charge is 0.491 e. The topological polar surface area (TPSA) is 56.1 Å². The van der Waals surface area contributed by atoms with Crippen LogP contribution in [-0.4, -0.2) is 21.6 Å². The zero-order valence-corrected chi connectivity index (χ0v) is 15.9. The summed E-state index contributed by atoms with van der Waals surface area (Å²) in [7, 11) is 0. The number of hydrogen-bond acceptors (Lipinski definition) is 3. The van der Waals surface area contributed by atoms with Crippen molar-refractivity contribution in [3.8, 4) is 5.75 Å². The Morgan fingerprint density at radius 3 is 2.37 bits per heavy atom. The number of nitrogens with one attached hydrogen (secondary N) is 1. The summed E-state index contributed by atoms with van der Waals surface area (Å²) in [6.45, 7) is 6.71. The summed E-state index contributed by atoms with van der Waals surface area (Å²) in [6, 6.07) is 15.4. The molecule has 5 heteroatoms. The number of carbonyl (C=O) groups is 1. The van der Waals surface area contributed by atoms with Gasteiger partial charge in [-0.3, -0.25) is 4.79 Å². The van der Waals surface area contributed by atoms with Crippen LogP contribution in [0.3, 0.4) is 0 Å². The minimum atomic E-state index is -0.0868. The SMILES string of the molecule is CC(C)Oc1ccc([C@H](C)NC(=O)c2ccc(Cn3ccnc3)cc2)cc1. The Balaban J connectivity index is 1.59. The maximum Gasteiger partial charge on any atom is 0.251 e. The molecule has 1 heterocycles. The monoisotopic (exact) mass is 363 g/mol. The molecule has 0 fully saturated rings. The van der Waals surface area contributed by atoms with Crippen molar-refractivity contribution in [1.82, 2.24) is 14.9 Å². The van der Waals surface area contributed by atoms with E-state index >= 15 is 0 Å². The standard InChI is InChI=1S/C22H25N3O2/c1-16(2)27-21-10-8-19(9-11-21)17(3)24-22(26)20-6-4-18(5-7-20)14-25-13-12-23-15-25/h4-13,15-17H,14H2,1-3H3,(H,24,26)/t17-/m0/s1. The van der Waals surface area contributed by atoms with Crippen molar-refractivity contribution in [2.45, 2.75) is 39.5 Å². The lowest BCUT2D eigenvalue weighted by atomic mass is 10.1. The fraction of sp³-hybridized carbons (Fsp3) is 0.273. The molecule has 0 unspecified atom stereocenters. The molecule has 1 aromatic heterocycles. The van der Waals surface area contributed by atoms with Gasteiger partial charge in [0, 0.05) is 24.5 Å². The van der Waals surface area contributed by atoms with E-state index < -0.39 is 0 Å². The number of carbonyl (C=O) groups excluding carboxylic acids is 1. The molecule has 3 aromatic rings. The Labute approximate surface area is 160 Å². The van der Waals surface area contributed by atoms with Crippen molar-refractivity contribution in [2.24, 2.45) is 0 Å². The lowest BCUT2D eigenvalue weighted by molar-refractivity contribution is 0.0940. The summed E-state index contributed by atoms with van der Waals surface area (Å²) in [4.78, 5) is 16.6. The van der Waals surface area contributed by atoms with E-state index in [9.17, 15) is 4.79 Å². The molecule has 1 atom stereocenters. The Hall–Kier alpha value is -3.08. The van der Waals surface area contributed by atoms with Crippen molar-refractivity contribution in [3.63, 3.8) is 0 Å². The average Bonchev–Trinajstić information content (AvgIpc) is 3.15. The van der Waals surface area contributed by atoms with Gasteiger partial charge < -0.3 is 14.6 Å². The van der Waals surface area contributed by atoms with E-state index in [4.69, 9.17) is 4.74 Å². The van der Waals surface area contributed by atoms with Gasteiger partial charge >= 0.3 is 0 Å². The highest BCUT2D eigenvalue weighted by molar-refractivity contribution is 5.94. The quantitative estimate of drug-likeness (QED) is 0.684. The van der Waals surface area contributed by atoms with E-state index in [1.165, 1.54) is 0 Å². The van der Waals surface area contributed by atoms with Gasteiger partial charge in [0.1, 0.15) is 5.75 Å².